The van der Waals surface area contributed by atoms with Crippen LogP contribution in [0.4, 0.5) is 0 Å². The van der Waals surface area contributed by atoms with Crippen molar-refractivity contribution >= 4 is 27.5 Å². The van der Waals surface area contributed by atoms with Crippen LogP contribution in [0, 0.1) is 0 Å². The van der Waals surface area contributed by atoms with Gasteiger partial charge in [0.15, 0.2) is 0 Å². The topological polar surface area (TPSA) is 44.5 Å². The molecule has 0 aromatic heterocycles. The summed E-state index contributed by atoms with van der Waals surface area (Å²) in [5.41, 5.74) is 4.00. The zero-order chi connectivity index (χ0) is 14.7. The van der Waals surface area contributed by atoms with Crippen LogP contribution in [0.3, 0.4) is 0 Å². The van der Waals surface area contributed by atoms with Crippen LogP contribution in [0.5, 0.6) is 0 Å². The lowest BCUT2D eigenvalue weighted by atomic mass is 9.98. The van der Waals surface area contributed by atoms with Gasteiger partial charge in [0.25, 0.3) is 0 Å². The molecule has 1 aromatic carbocycles. The summed E-state index contributed by atoms with van der Waals surface area (Å²) in [6, 6.07) is 6.12. The van der Waals surface area contributed by atoms with Crippen LogP contribution in [-0.2, 0) is 0 Å². The van der Waals surface area contributed by atoms with Crippen molar-refractivity contribution in [3.8, 4) is 0 Å². The second kappa shape index (κ2) is 7.20. The molecule has 0 bridgehead atoms. The molecule has 0 aliphatic carbocycles. The highest BCUT2D eigenvalue weighted by atomic mass is 79.9. The Hall–Kier alpha value is -0.170. The number of nitrogens with two attached hydrogens (primary N) is 1. The normalized spacial score (nSPS) is 23.6. The maximum absolute atomic E-state index is 6.39. The Morgan fingerprint density at radius 3 is 2.80 bits per heavy atom. The molecule has 1 heterocycles. The van der Waals surface area contributed by atoms with Gasteiger partial charge in [-0.2, -0.15) is 0 Å². The molecule has 0 spiro atoms. The van der Waals surface area contributed by atoms with Crippen molar-refractivity contribution in [2.45, 2.75) is 18.5 Å². The van der Waals surface area contributed by atoms with Crippen LogP contribution in [-0.4, -0.2) is 49.6 Å². The summed E-state index contributed by atoms with van der Waals surface area (Å²) in [6.45, 7) is 3.14. The molecule has 1 fully saturated rings. The van der Waals surface area contributed by atoms with E-state index in [1.54, 1.807) is 0 Å². The molecule has 1 aliphatic rings. The Kier molecular flexibility index (Phi) is 5.84. The van der Waals surface area contributed by atoms with Gasteiger partial charge in [0.1, 0.15) is 0 Å². The molecule has 4 nitrogen and oxygen atoms in total. The molecule has 2 atom stereocenters. The van der Waals surface area contributed by atoms with E-state index in [2.05, 4.69) is 45.3 Å². The van der Waals surface area contributed by atoms with Crippen molar-refractivity contribution in [1.82, 2.24) is 15.2 Å². The van der Waals surface area contributed by atoms with Crippen LogP contribution in [0.2, 0.25) is 5.02 Å². The number of benzene rings is 1. The Morgan fingerprint density at radius 2 is 2.15 bits per heavy atom. The monoisotopic (exact) mass is 360 g/mol. The predicted molar refractivity (Wildman–Crippen MR) is 87.7 cm³/mol. The molecule has 0 amide bonds. The Balaban J connectivity index is 2.35. The van der Waals surface area contributed by atoms with Crippen LogP contribution < -0.4 is 11.3 Å². The van der Waals surface area contributed by atoms with Crippen molar-refractivity contribution in [2.24, 2.45) is 5.84 Å². The van der Waals surface area contributed by atoms with Gasteiger partial charge in [-0.05, 0) is 45.7 Å². The van der Waals surface area contributed by atoms with E-state index in [0.717, 1.165) is 34.7 Å². The summed E-state index contributed by atoms with van der Waals surface area (Å²) >= 11 is 9.99. The van der Waals surface area contributed by atoms with E-state index in [1.807, 2.05) is 18.2 Å². The van der Waals surface area contributed by atoms with Crippen molar-refractivity contribution in [3.05, 3.63) is 33.3 Å². The van der Waals surface area contributed by atoms with Gasteiger partial charge in [-0.1, -0.05) is 33.6 Å². The van der Waals surface area contributed by atoms with Crippen LogP contribution in [0.25, 0.3) is 0 Å². The summed E-state index contributed by atoms with van der Waals surface area (Å²) in [7, 11) is 4.31. The second-order valence-corrected chi connectivity index (χ2v) is 6.70. The molecule has 2 rings (SSSR count). The first-order valence-corrected chi connectivity index (χ1v) is 8.00. The first-order chi connectivity index (χ1) is 9.54. The van der Waals surface area contributed by atoms with Gasteiger partial charge in [-0.3, -0.25) is 11.3 Å². The fourth-order valence-electron chi connectivity index (χ4n) is 2.86. The van der Waals surface area contributed by atoms with Crippen molar-refractivity contribution < 1.29 is 0 Å². The first kappa shape index (κ1) is 16.2. The number of rotatable bonds is 3. The highest BCUT2D eigenvalue weighted by molar-refractivity contribution is 9.10. The van der Waals surface area contributed by atoms with Crippen LogP contribution in [0.1, 0.15) is 18.0 Å². The van der Waals surface area contributed by atoms with Crippen molar-refractivity contribution in [3.63, 3.8) is 0 Å². The number of nitrogens with zero attached hydrogens (tertiary/aromatic N) is 2. The minimum Gasteiger partial charge on any atom is -0.305 e. The van der Waals surface area contributed by atoms with Gasteiger partial charge in [-0.15, -0.1) is 0 Å². The molecule has 2 unspecified atom stereocenters. The van der Waals surface area contributed by atoms with E-state index in [4.69, 9.17) is 17.4 Å². The minimum atomic E-state index is -0.0105. The average Bonchev–Trinajstić information content (AvgIpc) is 2.56. The van der Waals surface area contributed by atoms with E-state index in [0.29, 0.717) is 0 Å². The van der Waals surface area contributed by atoms with Gasteiger partial charge in [0.05, 0.1) is 6.04 Å². The molecule has 1 aliphatic heterocycles. The Bertz CT molecular complexity index is 437. The molecule has 1 aromatic rings. The van der Waals surface area contributed by atoms with E-state index >= 15 is 0 Å². The van der Waals surface area contributed by atoms with E-state index in [9.17, 15) is 0 Å². The largest absolute Gasteiger partial charge is 0.305 e. The molecule has 20 heavy (non-hydrogen) atoms. The summed E-state index contributed by atoms with van der Waals surface area (Å²) in [5, 5.41) is 0.739. The summed E-state index contributed by atoms with van der Waals surface area (Å²) in [4.78, 5) is 4.72. The third-order valence-corrected chi connectivity index (χ3v) is 5.01. The number of hydrogen-bond donors (Lipinski definition) is 2. The molecular weight excluding hydrogens is 340 g/mol. The Morgan fingerprint density at radius 1 is 1.40 bits per heavy atom. The lowest BCUT2D eigenvalue weighted by Gasteiger charge is -2.35. The van der Waals surface area contributed by atoms with E-state index in [1.165, 1.54) is 6.42 Å². The molecular formula is C14H22BrClN4. The quantitative estimate of drug-likeness (QED) is 0.640. The molecule has 6 heteroatoms. The van der Waals surface area contributed by atoms with Gasteiger partial charge in [0, 0.05) is 27.6 Å². The van der Waals surface area contributed by atoms with Crippen molar-refractivity contribution in [1.29, 1.82) is 0 Å². The smallest absolute Gasteiger partial charge is 0.0653 e. The molecule has 1 saturated heterocycles. The van der Waals surface area contributed by atoms with Gasteiger partial charge in [-0.25, -0.2) is 0 Å². The number of nitrogens with one attached hydrogen (secondary N) is 1. The highest BCUT2D eigenvalue weighted by Gasteiger charge is 2.31. The van der Waals surface area contributed by atoms with E-state index in [-0.39, 0.29) is 12.1 Å². The number of hydrogen-bond acceptors (Lipinski definition) is 4. The zero-order valence-electron chi connectivity index (χ0n) is 11.9. The third-order valence-electron chi connectivity index (χ3n) is 3.99. The van der Waals surface area contributed by atoms with Gasteiger partial charge < -0.3 is 9.80 Å². The average molecular weight is 362 g/mol. The minimum absolute atomic E-state index is 0.0105. The van der Waals surface area contributed by atoms with Gasteiger partial charge in [0.2, 0.25) is 0 Å². The lowest BCUT2D eigenvalue weighted by molar-refractivity contribution is 0.178. The maximum Gasteiger partial charge on any atom is 0.0653 e. The van der Waals surface area contributed by atoms with Crippen LogP contribution >= 0.6 is 27.5 Å². The first-order valence-electron chi connectivity index (χ1n) is 6.83. The lowest BCUT2D eigenvalue weighted by Crippen LogP contribution is -2.49. The number of likely N-dealkylation sites (N-methyl/N-ethyl adjacent to an activating group) is 2. The fraction of sp³-hybridized carbons (Fsp3) is 0.571. The molecule has 0 saturated carbocycles. The standard InChI is InChI=1S/C14H22BrClN4/c1-19-7-4-8-20(2)12(9-19)14(18-17)13-10(15)5-3-6-11(13)16/h3,5-6,12,14,18H,4,7-9,17H2,1-2H3. The predicted octanol–water partition coefficient (Wildman–Crippen LogP) is 2.24. The number of halogens is 2. The van der Waals surface area contributed by atoms with E-state index < -0.39 is 0 Å². The second-order valence-electron chi connectivity index (χ2n) is 5.44. The summed E-state index contributed by atoms with van der Waals surface area (Å²) < 4.78 is 0.994. The zero-order valence-corrected chi connectivity index (χ0v) is 14.3. The molecule has 112 valence electrons. The SMILES string of the molecule is CN1CCCN(C)C(C(NN)c2c(Cl)cccc2Br)C1. The Labute approximate surface area is 134 Å². The molecule has 0 radical (unpaired) electrons. The summed E-state index contributed by atoms with van der Waals surface area (Å²) in [5.74, 6) is 5.86. The maximum atomic E-state index is 6.39. The van der Waals surface area contributed by atoms with Crippen LogP contribution in [0.15, 0.2) is 22.7 Å². The van der Waals surface area contributed by atoms with Gasteiger partial charge >= 0.3 is 0 Å². The van der Waals surface area contributed by atoms with Crippen molar-refractivity contribution in [2.75, 3.05) is 33.7 Å². The third kappa shape index (κ3) is 3.53. The number of hydrazine groups is 1. The fourth-order valence-corrected chi connectivity index (χ4v) is 3.88. The highest BCUT2D eigenvalue weighted by Crippen LogP contribution is 2.33. The molecule has 3 N–H and O–H groups in total. The summed E-state index contributed by atoms with van der Waals surface area (Å²) in [6.07, 6.45) is 1.17.